The number of ether oxygens (including phenoxy) is 1. The Balaban J connectivity index is 1.78. The molecule has 0 spiro atoms. The van der Waals surface area contributed by atoms with E-state index in [1.807, 2.05) is 13.0 Å². The van der Waals surface area contributed by atoms with Gasteiger partial charge in [0.25, 0.3) is 11.6 Å². The van der Waals surface area contributed by atoms with Crippen molar-refractivity contribution in [2.75, 3.05) is 25.0 Å². The largest absolute Gasteiger partial charge is 0.462 e. The van der Waals surface area contributed by atoms with Gasteiger partial charge in [-0.1, -0.05) is 6.07 Å². The Labute approximate surface area is 184 Å². The molecule has 2 heterocycles. The van der Waals surface area contributed by atoms with Crippen LogP contribution in [0.25, 0.3) is 0 Å². The Kier molecular flexibility index (Phi) is 7.14. The number of esters is 1. The number of nitro benzene ring substituents is 1. The van der Waals surface area contributed by atoms with E-state index in [0.717, 1.165) is 17.7 Å². The standard InChI is InChI=1S/C22H24N4O6/c1-3-32-22(29)17-10-16(11-18(12-17)26(30)31)21(28)25-9-5-7-15(13-25)20(27)24-19-14(2)6-4-8-23-19/h4,6,8,10-12,15H,3,5,7,9,13H2,1-2H3,(H,23,24,27). The van der Waals surface area contributed by atoms with E-state index < -0.39 is 22.7 Å². The minimum absolute atomic E-state index is 0.00359. The first-order valence-electron chi connectivity index (χ1n) is 10.3. The van der Waals surface area contributed by atoms with Gasteiger partial charge in [0.15, 0.2) is 0 Å². The Morgan fingerprint density at radius 1 is 1.28 bits per heavy atom. The summed E-state index contributed by atoms with van der Waals surface area (Å²) < 4.78 is 4.91. The first-order valence-corrected chi connectivity index (χ1v) is 10.3. The van der Waals surface area contributed by atoms with Crippen LogP contribution in [0.15, 0.2) is 36.5 Å². The summed E-state index contributed by atoms with van der Waals surface area (Å²) >= 11 is 0. The SMILES string of the molecule is CCOC(=O)c1cc(C(=O)N2CCCC(C(=O)Nc3ncccc3C)C2)cc([N+](=O)[O-])c1. The first-order chi connectivity index (χ1) is 15.3. The van der Waals surface area contributed by atoms with Crippen molar-refractivity contribution < 1.29 is 24.0 Å². The van der Waals surface area contributed by atoms with Gasteiger partial charge in [-0.3, -0.25) is 19.7 Å². The second-order valence-corrected chi connectivity index (χ2v) is 7.49. The van der Waals surface area contributed by atoms with E-state index in [9.17, 15) is 24.5 Å². The molecule has 0 radical (unpaired) electrons. The predicted octanol–water partition coefficient (Wildman–Crippen LogP) is 2.97. The molecule has 2 amide bonds. The summed E-state index contributed by atoms with van der Waals surface area (Å²) in [4.78, 5) is 54.2. The molecule has 1 fully saturated rings. The highest BCUT2D eigenvalue weighted by Crippen LogP contribution is 2.24. The molecule has 2 aromatic rings. The highest BCUT2D eigenvalue weighted by molar-refractivity contribution is 5.99. The number of nitro groups is 1. The minimum Gasteiger partial charge on any atom is -0.462 e. The molecule has 168 valence electrons. The third kappa shape index (κ3) is 5.26. The smallest absolute Gasteiger partial charge is 0.338 e. The zero-order chi connectivity index (χ0) is 23.3. The summed E-state index contributed by atoms with van der Waals surface area (Å²) in [5.74, 6) is -1.44. The third-order valence-electron chi connectivity index (χ3n) is 5.22. The second-order valence-electron chi connectivity index (χ2n) is 7.49. The van der Waals surface area contributed by atoms with Gasteiger partial charge in [0, 0.05) is 37.0 Å². The van der Waals surface area contributed by atoms with Gasteiger partial charge in [0.05, 0.1) is 23.0 Å². The predicted molar refractivity (Wildman–Crippen MR) is 115 cm³/mol. The summed E-state index contributed by atoms with van der Waals surface area (Å²) in [5.41, 5.74) is 0.383. The van der Waals surface area contributed by atoms with E-state index in [2.05, 4.69) is 10.3 Å². The van der Waals surface area contributed by atoms with Crippen LogP contribution in [0.2, 0.25) is 0 Å². The number of likely N-dealkylation sites (tertiary alicyclic amines) is 1. The maximum Gasteiger partial charge on any atom is 0.338 e. The summed E-state index contributed by atoms with van der Waals surface area (Å²) in [6.07, 6.45) is 2.79. The second kappa shape index (κ2) is 9.99. The van der Waals surface area contributed by atoms with Gasteiger partial charge in [-0.25, -0.2) is 9.78 Å². The molecule has 3 rings (SSSR count). The molecule has 1 aliphatic rings. The first kappa shape index (κ1) is 22.9. The Bertz CT molecular complexity index is 1050. The molecule has 0 saturated carbocycles. The molecule has 10 nitrogen and oxygen atoms in total. The lowest BCUT2D eigenvalue weighted by atomic mass is 9.96. The Morgan fingerprint density at radius 2 is 2.03 bits per heavy atom. The van der Waals surface area contributed by atoms with E-state index in [-0.39, 0.29) is 35.9 Å². The molecule has 1 aliphatic heterocycles. The lowest BCUT2D eigenvalue weighted by Crippen LogP contribution is -2.44. The van der Waals surface area contributed by atoms with E-state index in [1.54, 1.807) is 19.2 Å². The van der Waals surface area contributed by atoms with Crippen molar-refractivity contribution in [2.24, 2.45) is 5.92 Å². The number of non-ortho nitro benzene ring substituents is 1. The van der Waals surface area contributed by atoms with Crippen LogP contribution in [-0.2, 0) is 9.53 Å². The van der Waals surface area contributed by atoms with Crippen molar-refractivity contribution in [3.05, 3.63) is 63.3 Å². The number of aryl methyl sites for hydroxylation is 1. The van der Waals surface area contributed by atoms with Crippen LogP contribution in [0.3, 0.4) is 0 Å². The lowest BCUT2D eigenvalue weighted by molar-refractivity contribution is -0.384. The van der Waals surface area contributed by atoms with Crippen molar-refractivity contribution in [3.63, 3.8) is 0 Å². The summed E-state index contributed by atoms with van der Waals surface area (Å²) in [6.45, 7) is 4.12. The molecule has 10 heteroatoms. The molecular weight excluding hydrogens is 416 g/mol. The number of anilines is 1. The van der Waals surface area contributed by atoms with Crippen molar-refractivity contribution in [1.82, 2.24) is 9.88 Å². The van der Waals surface area contributed by atoms with Crippen molar-refractivity contribution in [2.45, 2.75) is 26.7 Å². The number of carbonyl (C=O) groups excluding carboxylic acids is 3. The number of nitrogens with one attached hydrogen (secondary N) is 1. The van der Waals surface area contributed by atoms with Gasteiger partial charge >= 0.3 is 5.97 Å². The number of rotatable bonds is 6. The molecule has 1 unspecified atom stereocenters. The molecule has 1 atom stereocenters. The van der Waals surface area contributed by atoms with E-state index >= 15 is 0 Å². The van der Waals surface area contributed by atoms with E-state index in [0.29, 0.717) is 25.2 Å². The average Bonchev–Trinajstić information content (AvgIpc) is 2.80. The monoisotopic (exact) mass is 440 g/mol. The Morgan fingerprint density at radius 3 is 2.72 bits per heavy atom. The van der Waals surface area contributed by atoms with Crippen LogP contribution in [0, 0.1) is 23.0 Å². The number of amides is 2. The summed E-state index contributed by atoms with van der Waals surface area (Å²) in [5, 5.41) is 14.1. The Hall–Kier alpha value is -3.82. The number of nitrogens with zero attached hydrogens (tertiary/aromatic N) is 3. The average molecular weight is 440 g/mol. The van der Waals surface area contributed by atoms with Crippen LogP contribution in [0.5, 0.6) is 0 Å². The fraction of sp³-hybridized carbons (Fsp3) is 0.364. The number of aromatic nitrogens is 1. The molecule has 0 bridgehead atoms. The molecule has 0 aliphatic carbocycles. The minimum atomic E-state index is -0.744. The summed E-state index contributed by atoms with van der Waals surface area (Å²) in [7, 11) is 0. The molecule has 1 aromatic carbocycles. The van der Waals surface area contributed by atoms with Crippen molar-refractivity contribution in [3.8, 4) is 0 Å². The quantitative estimate of drug-likeness (QED) is 0.415. The van der Waals surface area contributed by atoms with Gasteiger partial charge in [-0.2, -0.15) is 0 Å². The highest BCUT2D eigenvalue weighted by atomic mass is 16.6. The maximum atomic E-state index is 13.1. The van der Waals surface area contributed by atoms with Crippen LogP contribution in [0.1, 0.15) is 46.0 Å². The van der Waals surface area contributed by atoms with Gasteiger partial charge in [0.2, 0.25) is 5.91 Å². The fourth-order valence-corrected chi connectivity index (χ4v) is 3.57. The highest BCUT2D eigenvalue weighted by Gasteiger charge is 2.30. The summed E-state index contributed by atoms with van der Waals surface area (Å²) in [6, 6.07) is 7.11. The van der Waals surface area contributed by atoms with Crippen LogP contribution in [-0.4, -0.2) is 52.3 Å². The molecule has 1 N–H and O–H groups in total. The fourth-order valence-electron chi connectivity index (χ4n) is 3.57. The van der Waals surface area contributed by atoms with Gasteiger partial charge < -0.3 is 15.0 Å². The van der Waals surface area contributed by atoms with E-state index in [4.69, 9.17) is 4.74 Å². The molecule has 1 aromatic heterocycles. The van der Waals surface area contributed by atoms with Gasteiger partial charge in [-0.15, -0.1) is 0 Å². The zero-order valence-corrected chi connectivity index (χ0v) is 17.9. The number of pyridine rings is 1. The van der Waals surface area contributed by atoms with Crippen LogP contribution >= 0.6 is 0 Å². The van der Waals surface area contributed by atoms with Crippen LogP contribution < -0.4 is 5.32 Å². The molecule has 1 saturated heterocycles. The normalized spacial score (nSPS) is 15.7. The van der Waals surface area contributed by atoms with E-state index in [1.165, 1.54) is 11.0 Å². The number of piperidine rings is 1. The number of hydrogen-bond acceptors (Lipinski definition) is 7. The van der Waals surface area contributed by atoms with Gasteiger partial charge in [-0.05, 0) is 44.4 Å². The number of carbonyl (C=O) groups is 3. The lowest BCUT2D eigenvalue weighted by Gasteiger charge is -2.32. The van der Waals surface area contributed by atoms with Gasteiger partial charge in [0.1, 0.15) is 5.82 Å². The number of benzene rings is 1. The molecule has 32 heavy (non-hydrogen) atoms. The van der Waals surface area contributed by atoms with Crippen LogP contribution in [0.4, 0.5) is 11.5 Å². The zero-order valence-electron chi connectivity index (χ0n) is 17.9. The van der Waals surface area contributed by atoms with Crippen molar-refractivity contribution in [1.29, 1.82) is 0 Å². The van der Waals surface area contributed by atoms with Crippen molar-refractivity contribution >= 4 is 29.3 Å². The maximum absolute atomic E-state index is 13.1. The number of hydrogen-bond donors (Lipinski definition) is 1. The molecular formula is C22H24N4O6. The third-order valence-corrected chi connectivity index (χ3v) is 5.22. The topological polar surface area (TPSA) is 132 Å².